The molecule has 1 heterocycles. The number of nitro groups is 1. The predicted molar refractivity (Wildman–Crippen MR) is 73.8 cm³/mol. The van der Waals surface area contributed by atoms with E-state index in [1.165, 1.54) is 18.2 Å². The summed E-state index contributed by atoms with van der Waals surface area (Å²) in [5.74, 6) is -0.212. The Bertz CT molecular complexity index is 532. The first-order valence-electron chi connectivity index (χ1n) is 6.52. The van der Waals surface area contributed by atoms with E-state index in [0.717, 1.165) is 0 Å². The Kier molecular flexibility index (Phi) is 4.19. The van der Waals surface area contributed by atoms with Crippen molar-refractivity contribution < 1.29 is 14.8 Å². The van der Waals surface area contributed by atoms with Gasteiger partial charge in [0.15, 0.2) is 0 Å². The summed E-state index contributed by atoms with van der Waals surface area (Å²) >= 11 is 0. The summed E-state index contributed by atoms with van der Waals surface area (Å²) in [4.78, 5) is 24.2. The summed E-state index contributed by atoms with van der Waals surface area (Å²) in [5.41, 5.74) is 0.675. The van der Waals surface area contributed by atoms with Crippen molar-refractivity contribution in [2.45, 2.75) is 19.4 Å². The van der Waals surface area contributed by atoms with Gasteiger partial charge >= 0.3 is 0 Å². The first-order chi connectivity index (χ1) is 9.52. The maximum atomic E-state index is 12.2. The largest absolute Gasteiger partial charge is 0.391 e. The molecule has 1 aliphatic heterocycles. The number of rotatable bonds is 4. The molecule has 1 fully saturated rings. The van der Waals surface area contributed by atoms with E-state index in [9.17, 15) is 20.0 Å². The summed E-state index contributed by atoms with van der Waals surface area (Å²) in [5, 5.41) is 23.3. The molecule has 108 valence electrons. The summed E-state index contributed by atoms with van der Waals surface area (Å²) in [6.07, 6.45) is 0.0870. The Morgan fingerprint density at radius 2 is 2.35 bits per heavy atom. The van der Waals surface area contributed by atoms with Gasteiger partial charge in [-0.15, -0.1) is 0 Å². The average molecular weight is 279 g/mol. The Morgan fingerprint density at radius 1 is 1.60 bits per heavy atom. The van der Waals surface area contributed by atoms with Gasteiger partial charge in [0.05, 0.1) is 11.0 Å². The van der Waals surface area contributed by atoms with Crippen molar-refractivity contribution >= 4 is 17.3 Å². The molecule has 1 amide bonds. The van der Waals surface area contributed by atoms with Gasteiger partial charge in [0.1, 0.15) is 5.69 Å². The quantitative estimate of drug-likeness (QED) is 0.638. The van der Waals surface area contributed by atoms with Crippen LogP contribution in [0.4, 0.5) is 11.4 Å². The van der Waals surface area contributed by atoms with Crippen LogP contribution < -0.4 is 5.32 Å². The van der Waals surface area contributed by atoms with Gasteiger partial charge in [-0.3, -0.25) is 14.9 Å². The Hall–Kier alpha value is -2.15. The van der Waals surface area contributed by atoms with E-state index in [2.05, 4.69) is 5.32 Å². The number of hydrogen-bond acceptors (Lipinski definition) is 5. The number of aliphatic hydroxyl groups is 1. The number of hydrogen-bond donors (Lipinski definition) is 2. The van der Waals surface area contributed by atoms with Crippen LogP contribution in [0.3, 0.4) is 0 Å². The summed E-state index contributed by atoms with van der Waals surface area (Å²) < 4.78 is 0. The SMILES string of the molecule is CCNc1cc(C(=O)N2CCC(O)C2)ccc1[N+](=O)[O-]. The third-order valence-corrected chi connectivity index (χ3v) is 3.26. The lowest BCUT2D eigenvalue weighted by molar-refractivity contribution is -0.384. The van der Waals surface area contributed by atoms with Crippen LogP contribution in [0.5, 0.6) is 0 Å². The maximum Gasteiger partial charge on any atom is 0.292 e. The third-order valence-electron chi connectivity index (χ3n) is 3.26. The Labute approximate surface area is 116 Å². The van der Waals surface area contributed by atoms with Crippen molar-refractivity contribution in [3.8, 4) is 0 Å². The van der Waals surface area contributed by atoms with Gasteiger partial charge in [0.2, 0.25) is 0 Å². The second-order valence-corrected chi connectivity index (χ2v) is 4.71. The molecule has 2 rings (SSSR count). The van der Waals surface area contributed by atoms with E-state index >= 15 is 0 Å². The molecule has 1 aliphatic rings. The molecule has 7 nitrogen and oxygen atoms in total. The molecule has 0 bridgehead atoms. The van der Waals surface area contributed by atoms with E-state index in [1.54, 1.807) is 4.90 Å². The van der Waals surface area contributed by atoms with Crippen LogP contribution in [0, 0.1) is 10.1 Å². The molecule has 0 radical (unpaired) electrons. The van der Waals surface area contributed by atoms with Crippen LogP contribution in [0.25, 0.3) is 0 Å². The molecular weight excluding hydrogens is 262 g/mol. The number of β-amino-alcohol motifs (C(OH)–C–C–N with tert-alkyl or cyclic N) is 1. The fourth-order valence-electron chi connectivity index (χ4n) is 2.27. The zero-order valence-corrected chi connectivity index (χ0v) is 11.2. The van der Waals surface area contributed by atoms with Gasteiger partial charge in [-0.1, -0.05) is 0 Å². The van der Waals surface area contributed by atoms with Gasteiger partial charge in [0.25, 0.3) is 11.6 Å². The number of amides is 1. The van der Waals surface area contributed by atoms with Gasteiger partial charge in [0, 0.05) is 31.3 Å². The van der Waals surface area contributed by atoms with Crippen molar-refractivity contribution in [3.05, 3.63) is 33.9 Å². The van der Waals surface area contributed by atoms with E-state index in [0.29, 0.717) is 37.3 Å². The lowest BCUT2D eigenvalue weighted by Crippen LogP contribution is -2.29. The fraction of sp³-hybridized carbons (Fsp3) is 0.462. The van der Waals surface area contributed by atoms with Crippen molar-refractivity contribution in [2.75, 3.05) is 25.0 Å². The second-order valence-electron chi connectivity index (χ2n) is 4.71. The zero-order valence-electron chi connectivity index (χ0n) is 11.2. The number of carbonyl (C=O) groups excluding carboxylic acids is 1. The number of nitrogens with zero attached hydrogens (tertiary/aromatic N) is 2. The van der Waals surface area contributed by atoms with E-state index in [1.807, 2.05) is 6.92 Å². The number of carbonyl (C=O) groups is 1. The fourth-order valence-corrected chi connectivity index (χ4v) is 2.27. The summed E-state index contributed by atoms with van der Waals surface area (Å²) in [6.45, 7) is 3.18. The highest BCUT2D eigenvalue weighted by atomic mass is 16.6. The normalized spacial score (nSPS) is 18.1. The molecule has 0 aromatic heterocycles. The van der Waals surface area contributed by atoms with Crippen LogP contribution in [0.1, 0.15) is 23.7 Å². The van der Waals surface area contributed by atoms with E-state index < -0.39 is 11.0 Å². The molecule has 0 saturated carbocycles. The highest BCUT2D eigenvalue weighted by molar-refractivity contribution is 5.96. The van der Waals surface area contributed by atoms with Crippen molar-refractivity contribution in [1.82, 2.24) is 4.90 Å². The lowest BCUT2D eigenvalue weighted by atomic mass is 10.1. The standard InChI is InChI=1S/C13H17N3O4/c1-2-14-11-7-9(3-4-12(11)16(19)20)13(18)15-6-5-10(17)8-15/h3-4,7,10,14,17H,2,5-6,8H2,1H3. The smallest absolute Gasteiger partial charge is 0.292 e. The minimum absolute atomic E-state index is 0.0511. The Balaban J connectivity index is 2.26. The van der Waals surface area contributed by atoms with Crippen LogP contribution in [0.2, 0.25) is 0 Å². The first kappa shape index (κ1) is 14.3. The Morgan fingerprint density at radius 3 is 2.90 bits per heavy atom. The number of anilines is 1. The molecule has 7 heteroatoms. The molecule has 0 aliphatic carbocycles. The van der Waals surface area contributed by atoms with Gasteiger partial charge in [-0.05, 0) is 25.5 Å². The molecule has 1 atom stereocenters. The summed E-state index contributed by atoms with van der Waals surface area (Å²) in [7, 11) is 0. The molecule has 0 spiro atoms. The van der Waals surface area contributed by atoms with Crippen molar-refractivity contribution in [1.29, 1.82) is 0 Å². The number of aliphatic hydroxyl groups excluding tert-OH is 1. The number of nitro benzene ring substituents is 1. The van der Waals surface area contributed by atoms with Crippen molar-refractivity contribution in [2.24, 2.45) is 0 Å². The first-order valence-corrected chi connectivity index (χ1v) is 6.52. The molecule has 1 unspecified atom stereocenters. The zero-order chi connectivity index (χ0) is 14.7. The summed E-state index contributed by atoms with van der Waals surface area (Å²) in [6, 6.07) is 4.28. The number of benzene rings is 1. The van der Waals surface area contributed by atoms with Crippen LogP contribution in [0.15, 0.2) is 18.2 Å². The molecule has 2 N–H and O–H groups in total. The highest BCUT2D eigenvalue weighted by Crippen LogP contribution is 2.26. The maximum absolute atomic E-state index is 12.2. The highest BCUT2D eigenvalue weighted by Gasteiger charge is 2.26. The van der Waals surface area contributed by atoms with E-state index in [4.69, 9.17) is 0 Å². The topological polar surface area (TPSA) is 95.7 Å². The second kappa shape index (κ2) is 5.87. The van der Waals surface area contributed by atoms with Crippen LogP contribution in [-0.2, 0) is 0 Å². The minimum Gasteiger partial charge on any atom is -0.391 e. The number of likely N-dealkylation sites (tertiary alicyclic amines) is 1. The van der Waals surface area contributed by atoms with Crippen molar-refractivity contribution in [3.63, 3.8) is 0 Å². The number of nitrogens with one attached hydrogen (secondary N) is 1. The molecule has 20 heavy (non-hydrogen) atoms. The predicted octanol–water partition coefficient (Wildman–Crippen LogP) is 1.23. The lowest BCUT2D eigenvalue weighted by Gasteiger charge is -2.16. The monoisotopic (exact) mass is 279 g/mol. The molecule has 1 aromatic rings. The average Bonchev–Trinajstić information content (AvgIpc) is 2.84. The van der Waals surface area contributed by atoms with Gasteiger partial charge in [-0.2, -0.15) is 0 Å². The van der Waals surface area contributed by atoms with Gasteiger partial charge in [-0.25, -0.2) is 0 Å². The van der Waals surface area contributed by atoms with E-state index in [-0.39, 0.29) is 11.6 Å². The third kappa shape index (κ3) is 2.88. The minimum atomic E-state index is -0.481. The van der Waals surface area contributed by atoms with Gasteiger partial charge < -0.3 is 15.3 Å². The van der Waals surface area contributed by atoms with Crippen LogP contribution >= 0.6 is 0 Å². The van der Waals surface area contributed by atoms with Crippen LogP contribution in [-0.4, -0.2) is 46.6 Å². The molecule has 1 aromatic carbocycles. The molecule has 1 saturated heterocycles. The molecular formula is C13H17N3O4.